The zero-order valence-corrected chi connectivity index (χ0v) is 17.1. The van der Waals surface area contributed by atoms with Crippen LogP contribution in [0.2, 0.25) is 0 Å². The predicted molar refractivity (Wildman–Crippen MR) is 102 cm³/mol. The topological polar surface area (TPSA) is 58.2 Å². The predicted octanol–water partition coefficient (Wildman–Crippen LogP) is 5.79. The summed E-state index contributed by atoms with van der Waals surface area (Å²) in [6, 6.07) is 5.90. The zero-order chi connectivity index (χ0) is 20.5. The van der Waals surface area contributed by atoms with Gasteiger partial charge in [0.05, 0.1) is 12.6 Å². The van der Waals surface area contributed by atoms with Crippen LogP contribution in [-0.4, -0.2) is 34.1 Å². The van der Waals surface area contributed by atoms with Crippen molar-refractivity contribution in [2.24, 2.45) is 5.92 Å². The highest BCUT2D eigenvalue weighted by Crippen LogP contribution is 2.39. The molecule has 1 amide bonds. The summed E-state index contributed by atoms with van der Waals surface area (Å²) >= 11 is 3.28. The van der Waals surface area contributed by atoms with Crippen molar-refractivity contribution in [3.63, 3.8) is 0 Å². The van der Waals surface area contributed by atoms with Crippen molar-refractivity contribution in [2.45, 2.75) is 38.9 Å². The fraction of sp³-hybridized carbons (Fsp3) is 0.474. The highest BCUT2D eigenvalue weighted by molar-refractivity contribution is 9.10. The van der Waals surface area contributed by atoms with E-state index in [0.29, 0.717) is 24.9 Å². The number of hydrogen-bond acceptors (Lipinski definition) is 3. The van der Waals surface area contributed by atoms with Crippen molar-refractivity contribution in [3.05, 3.63) is 40.3 Å². The van der Waals surface area contributed by atoms with Gasteiger partial charge in [0.15, 0.2) is 0 Å². The molecule has 2 heterocycles. The minimum absolute atomic E-state index is 0.129. The molecule has 0 aliphatic carbocycles. The summed E-state index contributed by atoms with van der Waals surface area (Å²) < 4.78 is 46.8. The monoisotopic (exact) mass is 459 g/mol. The second kappa shape index (κ2) is 8.14. The molecule has 1 N–H and O–H groups in total. The van der Waals surface area contributed by atoms with Crippen molar-refractivity contribution < 1.29 is 22.7 Å². The smallest absolute Gasteiger partial charge is 0.433 e. The lowest BCUT2D eigenvalue weighted by Crippen LogP contribution is -2.32. The van der Waals surface area contributed by atoms with Gasteiger partial charge < -0.3 is 9.72 Å². The van der Waals surface area contributed by atoms with Crippen LogP contribution in [0.4, 0.5) is 18.0 Å². The normalized spacial score (nSPS) is 17.4. The maximum Gasteiger partial charge on any atom is 0.433 e. The van der Waals surface area contributed by atoms with Gasteiger partial charge in [0.1, 0.15) is 17.2 Å². The molecule has 152 valence electrons. The number of nitrogens with one attached hydrogen (secondary N) is 1. The Labute approximate surface area is 169 Å². The number of ether oxygens (including phenoxy) is 1. The Morgan fingerprint density at radius 3 is 2.64 bits per heavy atom. The maximum absolute atomic E-state index is 13.6. The summed E-state index contributed by atoms with van der Waals surface area (Å²) in [5.74, 6) is 0.304. The molecule has 5 nitrogen and oxygen atoms in total. The Bertz CT molecular complexity index is 834. The average molecular weight is 460 g/mol. The molecule has 2 aromatic rings. The van der Waals surface area contributed by atoms with E-state index in [4.69, 9.17) is 4.74 Å². The number of halogens is 4. The van der Waals surface area contributed by atoms with E-state index in [-0.39, 0.29) is 24.0 Å². The number of hydrogen-bond donors (Lipinski definition) is 1. The number of aromatic amines is 1. The van der Waals surface area contributed by atoms with Crippen LogP contribution in [0, 0.1) is 5.92 Å². The van der Waals surface area contributed by atoms with E-state index in [2.05, 4.69) is 25.9 Å². The second-order valence-electron chi connectivity index (χ2n) is 7.17. The number of alkyl halides is 3. The number of benzene rings is 1. The second-order valence-corrected chi connectivity index (χ2v) is 8.09. The fourth-order valence-electron chi connectivity index (χ4n) is 3.16. The molecule has 1 aromatic carbocycles. The summed E-state index contributed by atoms with van der Waals surface area (Å²) in [5.41, 5.74) is -0.727. The molecule has 0 saturated carbocycles. The summed E-state index contributed by atoms with van der Waals surface area (Å²) in [5, 5.41) is 0. The van der Waals surface area contributed by atoms with Gasteiger partial charge in [0.25, 0.3) is 0 Å². The first-order valence-corrected chi connectivity index (χ1v) is 9.82. The Morgan fingerprint density at radius 1 is 1.36 bits per heavy atom. The minimum Gasteiger partial charge on any atom is -0.449 e. The Kier molecular flexibility index (Phi) is 6.02. The van der Waals surface area contributed by atoms with Gasteiger partial charge in [-0.3, -0.25) is 4.90 Å². The minimum atomic E-state index is -4.59. The number of H-pyrrole nitrogens is 1. The third kappa shape index (κ3) is 4.51. The summed E-state index contributed by atoms with van der Waals surface area (Å²) in [6.07, 6.45) is -3.90. The number of aromatic nitrogens is 2. The van der Waals surface area contributed by atoms with Gasteiger partial charge in [-0.05, 0) is 30.9 Å². The van der Waals surface area contributed by atoms with Gasteiger partial charge in [-0.25, -0.2) is 9.78 Å². The van der Waals surface area contributed by atoms with Crippen LogP contribution in [0.15, 0.2) is 28.7 Å². The molecular formula is C19H21BrF3N3O2. The standard InChI is InChI=1S/C19H21BrF3N3O2/c1-11(2)10-28-18(27)26-9-3-4-14(26)17-24-15(16(25-17)19(21,22)23)12-5-7-13(20)8-6-12/h5-8,11,14H,3-4,9-10H2,1-2H3,(H,24,25). The largest absolute Gasteiger partial charge is 0.449 e. The van der Waals surface area contributed by atoms with Crippen LogP contribution < -0.4 is 0 Å². The Morgan fingerprint density at radius 2 is 2.04 bits per heavy atom. The Hall–Kier alpha value is -2.03. The van der Waals surface area contributed by atoms with Crippen LogP contribution in [0.1, 0.15) is 44.2 Å². The maximum atomic E-state index is 13.6. The molecule has 1 fully saturated rings. The van der Waals surface area contributed by atoms with E-state index in [0.717, 1.165) is 4.47 Å². The van der Waals surface area contributed by atoms with Gasteiger partial charge in [-0.1, -0.05) is 41.9 Å². The highest BCUT2D eigenvalue weighted by Gasteiger charge is 2.40. The summed E-state index contributed by atoms with van der Waals surface area (Å²) in [4.78, 5) is 20.5. The van der Waals surface area contributed by atoms with Gasteiger partial charge in [0.2, 0.25) is 0 Å². The highest BCUT2D eigenvalue weighted by atomic mass is 79.9. The number of nitrogens with zero attached hydrogens (tertiary/aromatic N) is 2. The van der Waals surface area contributed by atoms with Crippen LogP contribution in [0.25, 0.3) is 11.3 Å². The molecule has 1 unspecified atom stereocenters. The van der Waals surface area contributed by atoms with Crippen molar-refractivity contribution in [3.8, 4) is 11.3 Å². The Balaban J connectivity index is 1.93. The number of rotatable bonds is 4. The lowest BCUT2D eigenvalue weighted by molar-refractivity contribution is -0.140. The molecule has 0 spiro atoms. The zero-order valence-electron chi connectivity index (χ0n) is 15.5. The fourth-order valence-corrected chi connectivity index (χ4v) is 3.43. The number of likely N-dealkylation sites (tertiary alicyclic amines) is 1. The van der Waals surface area contributed by atoms with Gasteiger partial charge in [0, 0.05) is 16.6 Å². The van der Waals surface area contributed by atoms with E-state index in [1.807, 2.05) is 13.8 Å². The molecule has 28 heavy (non-hydrogen) atoms. The molecule has 1 aliphatic heterocycles. The first kappa shape index (κ1) is 20.7. The first-order valence-electron chi connectivity index (χ1n) is 9.03. The van der Waals surface area contributed by atoms with Crippen LogP contribution in [0.3, 0.4) is 0 Å². The van der Waals surface area contributed by atoms with E-state index < -0.39 is 24.0 Å². The lowest BCUT2D eigenvalue weighted by atomic mass is 10.1. The van der Waals surface area contributed by atoms with Gasteiger partial charge >= 0.3 is 12.3 Å². The third-order valence-electron chi connectivity index (χ3n) is 4.47. The molecular weight excluding hydrogens is 439 g/mol. The van der Waals surface area contributed by atoms with E-state index >= 15 is 0 Å². The molecule has 0 radical (unpaired) electrons. The number of carbonyl (C=O) groups excluding carboxylic acids is 1. The van der Waals surface area contributed by atoms with E-state index in [9.17, 15) is 18.0 Å². The number of imidazole rings is 1. The molecule has 3 rings (SSSR count). The van der Waals surface area contributed by atoms with Crippen molar-refractivity contribution in [1.29, 1.82) is 0 Å². The van der Waals surface area contributed by atoms with Crippen molar-refractivity contribution >= 4 is 22.0 Å². The average Bonchev–Trinajstić information content (AvgIpc) is 3.26. The number of carbonyl (C=O) groups is 1. The van der Waals surface area contributed by atoms with Crippen molar-refractivity contribution in [1.82, 2.24) is 14.9 Å². The lowest BCUT2D eigenvalue weighted by Gasteiger charge is -2.23. The quantitative estimate of drug-likeness (QED) is 0.629. The van der Waals surface area contributed by atoms with Gasteiger partial charge in [-0.2, -0.15) is 13.2 Å². The molecule has 0 bridgehead atoms. The van der Waals surface area contributed by atoms with Crippen LogP contribution in [-0.2, 0) is 10.9 Å². The molecule has 1 atom stereocenters. The third-order valence-corrected chi connectivity index (χ3v) is 5.00. The van der Waals surface area contributed by atoms with Crippen LogP contribution >= 0.6 is 15.9 Å². The van der Waals surface area contributed by atoms with E-state index in [1.54, 1.807) is 24.3 Å². The summed E-state index contributed by atoms with van der Waals surface area (Å²) in [7, 11) is 0. The number of amides is 1. The van der Waals surface area contributed by atoms with Crippen molar-refractivity contribution in [2.75, 3.05) is 13.2 Å². The first-order chi connectivity index (χ1) is 13.2. The summed E-state index contributed by atoms with van der Waals surface area (Å²) in [6.45, 7) is 4.53. The van der Waals surface area contributed by atoms with Crippen LogP contribution in [0.5, 0.6) is 0 Å². The molecule has 1 aliphatic rings. The SMILES string of the molecule is CC(C)COC(=O)N1CCCC1c1nc(-c2ccc(Br)cc2)c(C(F)(F)F)[nH]1. The van der Waals surface area contributed by atoms with E-state index in [1.165, 1.54) is 4.90 Å². The van der Waals surface area contributed by atoms with Gasteiger partial charge in [-0.15, -0.1) is 0 Å². The molecule has 1 saturated heterocycles. The molecule has 1 aromatic heterocycles. The molecule has 9 heteroatoms.